The van der Waals surface area contributed by atoms with Gasteiger partial charge in [0.1, 0.15) is 17.2 Å². The predicted octanol–water partition coefficient (Wildman–Crippen LogP) is 2.31. The number of carboxylic acid groups (broad SMARTS) is 1. The van der Waals surface area contributed by atoms with Crippen molar-refractivity contribution < 1.29 is 28.3 Å². The fourth-order valence-corrected chi connectivity index (χ4v) is 3.20. The number of anilines is 1. The van der Waals surface area contributed by atoms with Gasteiger partial charge in [-0.2, -0.15) is 5.10 Å². The molecule has 0 spiro atoms. The van der Waals surface area contributed by atoms with Gasteiger partial charge >= 0.3 is 5.97 Å². The van der Waals surface area contributed by atoms with E-state index in [1.54, 1.807) is 0 Å². The summed E-state index contributed by atoms with van der Waals surface area (Å²) in [4.78, 5) is 35.6. The monoisotopic (exact) mass is 392 g/mol. The first-order valence-corrected chi connectivity index (χ1v) is 8.69. The van der Waals surface area contributed by atoms with Crippen molar-refractivity contribution in [3.63, 3.8) is 0 Å². The zero-order valence-electron chi connectivity index (χ0n) is 14.7. The van der Waals surface area contributed by atoms with Crippen LogP contribution in [0.3, 0.4) is 0 Å². The van der Waals surface area contributed by atoms with E-state index >= 15 is 0 Å². The fourth-order valence-electron chi connectivity index (χ4n) is 3.20. The molecule has 1 fully saturated rings. The summed E-state index contributed by atoms with van der Waals surface area (Å²) in [5.74, 6) is -4.94. The molecule has 4 N–H and O–H groups in total. The van der Waals surface area contributed by atoms with Crippen molar-refractivity contribution in [2.24, 2.45) is 5.92 Å². The average Bonchev–Trinajstić information content (AvgIpc) is 3.10. The molecule has 148 valence electrons. The van der Waals surface area contributed by atoms with Gasteiger partial charge in [0.15, 0.2) is 5.69 Å². The second-order valence-electron chi connectivity index (χ2n) is 6.56. The summed E-state index contributed by atoms with van der Waals surface area (Å²) in [6, 6.07) is 2.83. The van der Waals surface area contributed by atoms with E-state index in [0.29, 0.717) is 25.7 Å². The van der Waals surface area contributed by atoms with Gasteiger partial charge in [-0.05, 0) is 37.8 Å². The van der Waals surface area contributed by atoms with Crippen molar-refractivity contribution in [2.45, 2.75) is 31.7 Å². The van der Waals surface area contributed by atoms with Crippen LogP contribution in [-0.2, 0) is 4.79 Å². The first-order chi connectivity index (χ1) is 13.4. The van der Waals surface area contributed by atoms with Gasteiger partial charge in [0.2, 0.25) is 0 Å². The molecule has 1 aliphatic carbocycles. The summed E-state index contributed by atoms with van der Waals surface area (Å²) in [5.41, 5.74) is -0.920. The molecule has 0 unspecified atom stereocenters. The minimum atomic E-state index is -1.05. The Kier molecular flexibility index (Phi) is 5.67. The first-order valence-electron chi connectivity index (χ1n) is 8.69. The number of amides is 2. The molecular formula is C18H18F2N4O4. The number of hydrogen-bond acceptors (Lipinski definition) is 4. The molecule has 28 heavy (non-hydrogen) atoms. The molecule has 2 amide bonds. The predicted molar refractivity (Wildman–Crippen MR) is 93.7 cm³/mol. The maximum Gasteiger partial charge on any atom is 0.306 e. The maximum atomic E-state index is 13.7. The number of carboxylic acids is 1. The number of carbonyl (C=O) groups is 3. The van der Waals surface area contributed by atoms with Crippen LogP contribution >= 0.6 is 0 Å². The maximum absolute atomic E-state index is 13.7. The van der Waals surface area contributed by atoms with Crippen molar-refractivity contribution >= 4 is 23.5 Å². The van der Waals surface area contributed by atoms with Gasteiger partial charge in [-0.1, -0.05) is 6.07 Å². The van der Waals surface area contributed by atoms with Gasteiger partial charge in [-0.15, -0.1) is 0 Å². The Morgan fingerprint density at radius 1 is 1.07 bits per heavy atom. The molecule has 1 saturated carbocycles. The minimum absolute atomic E-state index is 0.0237. The molecule has 0 aliphatic heterocycles. The van der Waals surface area contributed by atoms with Gasteiger partial charge in [-0.25, -0.2) is 8.78 Å². The van der Waals surface area contributed by atoms with Crippen LogP contribution in [0.2, 0.25) is 0 Å². The molecular weight excluding hydrogens is 374 g/mol. The van der Waals surface area contributed by atoms with Gasteiger partial charge in [-0.3, -0.25) is 19.5 Å². The number of rotatable bonds is 5. The standard InChI is InChI=1S/C18H18F2N4O4/c19-11-2-1-3-12(20)14(11)16(25)23-13-8-21-24-15(13)17(26)22-10-6-4-9(5-7-10)18(27)28/h1-3,8-10H,4-7H2,(H,21,24)(H,22,26)(H,23,25)(H,27,28). The van der Waals surface area contributed by atoms with Gasteiger partial charge < -0.3 is 15.7 Å². The van der Waals surface area contributed by atoms with E-state index in [1.807, 2.05) is 0 Å². The van der Waals surface area contributed by atoms with E-state index in [2.05, 4.69) is 20.8 Å². The lowest BCUT2D eigenvalue weighted by atomic mass is 9.86. The first kappa shape index (κ1) is 19.5. The molecule has 1 aromatic carbocycles. The third kappa shape index (κ3) is 4.16. The normalized spacial score (nSPS) is 19.1. The molecule has 1 heterocycles. The Balaban J connectivity index is 1.66. The van der Waals surface area contributed by atoms with Crippen LogP contribution in [0.1, 0.15) is 46.5 Å². The van der Waals surface area contributed by atoms with Crippen LogP contribution in [-0.4, -0.2) is 39.1 Å². The SMILES string of the molecule is O=C(NC1CCC(C(=O)O)CC1)c1n[nH]cc1NC(=O)c1c(F)cccc1F. The molecule has 0 bridgehead atoms. The van der Waals surface area contributed by atoms with Crippen molar-refractivity contribution in [1.82, 2.24) is 15.5 Å². The molecule has 0 radical (unpaired) electrons. The van der Waals surface area contributed by atoms with Gasteiger partial charge in [0.05, 0.1) is 11.6 Å². The minimum Gasteiger partial charge on any atom is -0.481 e. The quantitative estimate of drug-likeness (QED) is 0.622. The zero-order chi connectivity index (χ0) is 20.3. The van der Waals surface area contributed by atoms with E-state index in [4.69, 9.17) is 5.11 Å². The van der Waals surface area contributed by atoms with E-state index in [-0.39, 0.29) is 17.4 Å². The van der Waals surface area contributed by atoms with Crippen LogP contribution in [0.25, 0.3) is 0 Å². The summed E-state index contributed by atoms with van der Waals surface area (Å²) in [6.45, 7) is 0. The smallest absolute Gasteiger partial charge is 0.306 e. The Hall–Kier alpha value is -3.30. The topological polar surface area (TPSA) is 124 Å². The number of nitrogens with one attached hydrogen (secondary N) is 3. The van der Waals surface area contributed by atoms with E-state index in [0.717, 1.165) is 18.2 Å². The number of nitrogens with zero attached hydrogens (tertiary/aromatic N) is 1. The number of H-pyrrole nitrogens is 1. The van der Waals surface area contributed by atoms with Crippen molar-refractivity contribution in [3.05, 3.63) is 47.3 Å². The lowest BCUT2D eigenvalue weighted by molar-refractivity contribution is -0.142. The van der Waals surface area contributed by atoms with Crippen LogP contribution in [0.5, 0.6) is 0 Å². The van der Waals surface area contributed by atoms with E-state index < -0.39 is 40.9 Å². The Morgan fingerprint density at radius 2 is 1.71 bits per heavy atom. The Morgan fingerprint density at radius 3 is 2.32 bits per heavy atom. The molecule has 2 aromatic rings. The lowest BCUT2D eigenvalue weighted by Crippen LogP contribution is -2.39. The van der Waals surface area contributed by atoms with Gasteiger partial charge in [0, 0.05) is 12.2 Å². The Labute approximate surface area is 158 Å². The summed E-state index contributed by atoms with van der Waals surface area (Å²) in [5, 5.41) is 20.3. The van der Waals surface area contributed by atoms with Crippen LogP contribution in [0.15, 0.2) is 24.4 Å². The second kappa shape index (κ2) is 8.15. The largest absolute Gasteiger partial charge is 0.481 e. The van der Waals surface area contributed by atoms with Crippen molar-refractivity contribution in [2.75, 3.05) is 5.32 Å². The Bertz CT molecular complexity index is 886. The van der Waals surface area contributed by atoms with Crippen LogP contribution in [0.4, 0.5) is 14.5 Å². The summed E-state index contributed by atoms with van der Waals surface area (Å²) in [7, 11) is 0. The summed E-state index contributed by atoms with van der Waals surface area (Å²) in [6.07, 6.45) is 3.16. The van der Waals surface area contributed by atoms with E-state index in [1.165, 1.54) is 6.20 Å². The number of aromatic amines is 1. The molecule has 1 aromatic heterocycles. The van der Waals surface area contributed by atoms with Crippen molar-refractivity contribution in [3.8, 4) is 0 Å². The number of benzene rings is 1. The number of hydrogen-bond donors (Lipinski definition) is 4. The highest BCUT2D eigenvalue weighted by atomic mass is 19.1. The second-order valence-corrected chi connectivity index (χ2v) is 6.56. The summed E-state index contributed by atoms with van der Waals surface area (Å²) < 4.78 is 27.5. The molecule has 8 nitrogen and oxygen atoms in total. The highest BCUT2D eigenvalue weighted by Crippen LogP contribution is 2.25. The summed E-state index contributed by atoms with van der Waals surface area (Å²) >= 11 is 0. The average molecular weight is 392 g/mol. The number of halogens is 2. The van der Waals surface area contributed by atoms with Crippen LogP contribution in [0, 0.1) is 17.6 Å². The number of aromatic nitrogens is 2. The molecule has 10 heteroatoms. The van der Waals surface area contributed by atoms with E-state index in [9.17, 15) is 23.2 Å². The lowest BCUT2D eigenvalue weighted by Gasteiger charge is -2.26. The zero-order valence-corrected chi connectivity index (χ0v) is 14.7. The highest BCUT2D eigenvalue weighted by Gasteiger charge is 2.28. The fraction of sp³-hybridized carbons (Fsp3) is 0.333. The van der Waals surface area contributed by atoms with Gasteiger partial charge in [0.25, 0.3) is 11.8 Å². The van der Waals surface area contributed by atoms with Crippen LogP contribution < -0.4 is 10.6 Å². The third-order valence-electron chi connectivity index (χ3n) is 4.71. The number of aliphatic carboxylic acids is 1. The molecule has 0 saturated heterocycles. The molecule has 0 atom stereocenters. The molecule has 1 aliphatic rings. The highest BCUT2D eigenvalue weighted by molar-refractivity contribution is 6.08. The molecule has 3 rings (SSSR count). The third-order valence-corrected chi connectivity index (χ3v) is 4.71. The number of carbonyl (C=O) groups excluding carboxylic acids is 2. The van der Waals surface area contributed by atoms with Crippen molar-refractivity contribution in [1.29, 1.82) is 0 Å².